The highest BCUT2D eigenvalue weighted by molar-refractivity contribution is 5.85. The zero-order valence-electron chi connectivity index (χ0n) is 38.8. The Bertz CT molecular complexity index is 3320. The van der Waals surface area contributed by atoms with Gasteiger partial charge in [0.25, 0.3) is 0 Å². The van der Waals surface area contributed by atoms with Crippen molar-refractivity contribution in [2.45, 2.75) is 50.1 Å². The zero-order chi connectivity index (χ0) is 45.8. The maximum absolute atomic E-state index is 5.12. The van der Waals surface area contributed by atoms with Gasteiger partial charge in [0.05, 0.1) is 17.8 Å². The molecule has 0 amide bonds. The lowest BCUT2D eigenvalue weighted by Crippen LogP contribution is -2.52. The summed E-state index contributed by atoms with van der Waals surface area (Å²) in [5.41, 5.74) is 17.8. The maximum Gasteiger partial charge on any atom is 0.0780 e. The Kier molecular flexibility index (Phi) is 10.3. The number of para-hydroxylation sites is 2. The van der Waals surface area contributed by atoms with E-state index in [-0.39, 0.29) is 28.8 Å². The molecule has 2 aromatic heterocycles. The Morgan fingerprint density at radius 1 is 0.456 bits per heavy atom. The van der Waals surface area contributed by atoms with E-state index < -0.39 is 0 Å². The lowest BCUT2D eigenvalue weighted by Gasteiger charge is -2.52. The predicted octanol–water partition coefficient (Wildman–Crippen LogP) is 15.4. The van der Waals surface area contributed by atoms with Crippen LogP contribution < -0.4 is 9.80 Å². The van der Waals surface area contributed by atoms with Gasteiger partial charge < -0.3 is 9.80 Å². The highest BCUT2D eigenvalue weighted by Gasteiger charge is 2.48. The van der Waals surface area contributed by atoms with Crippen LogP contribution in [0.3, 0.4) is 0 Å². The van der Waals surface area contributed by atoms with E-state index in [0.29, 0.717) is 5.92 Å². The minimum absolute atomic E-state index is 0.000413. The number of pyridine rings is 2. The third-order valence-corrected chi connectivity index (χ3v) is 15.3. The normalized spacial score (nSPS) is 21.7. The van der Waals surface area contributed by atoms with E-state index in [1.807, 2.05) is 24.7 Å². The molecule has 4 nitrogen and oxygen atoms in total. The molecule has 5 atom stereocenters. The fraction of sp³-hybridized carbons (Fsp3) is 0.156. The third-order valence-electron chi connectivity index (χ3n) is 15.3. The first-order valence-corrected chi connectivity index (χ1v) is 24.1. The number of hydrogen-bond donors (Lipinski definition) is 0. The molecule has 8 aromatic rings. The Morgan fingerprint density at radius 3 is 1.76 bits per heavy atom. The van der Waals surface area contributed by atoms with E-state index in [2.05, 4.69) is 248 Å². The number of nitrogens with zero attached hydrogens (tertiary/aromatic N) is 4. The standard InChI is InChI=1S/C64H54N4/c1-63(2)54-28-4-8-32-58(54)67(59-33-9-5-29-55(59)63)52-26-15-22-48(41-52)53-27-17-37-66-62(53)49-23-12-18-44(38-49)42-64(3)56-30-6-10-34-60(56)68(61-35-11-7-31-57(61)64)51-25-14-21-47(40-51)45-19-13-20-46(39-45)50-24-16-36-65-43-50/h4-41,43,54,56,58,60H,42H2,1-3H3. The van der Waals surface area contributed by atoms with Crippen LogP contribution in [0.4, 0.5) is 22.7 Å². The lowest BCUT2D eigenvalue weighted by molar-refractivity contribution is 0.302. The number of anilines is 4. The Labute approximate surface area is 401 Å². The number of fused-ring (bicyclic) bond motifs is 4. The van der Waals surface area contributed by atoms with Gasteiger partial charge in [-0.15, -0.1) is 0 Å². The summed E-state index contributed by atoms with van der Waals surface area (Å²) < 4.78 is 0. The highest BCUT2D eigenvalue weighted by atomic mass is 15.2. The second-order valence-electron chi connectivity index (χ2n) is 19.7. The van der Waals surface area contributed by atoms with Gasteiger partial charge in [0.1, 0.15) is 0 Å². The molecule has 4 heterocycles. The van der Waals surface area contributed by atoms with Crippen molar-refractivity contribution in [3.8, 4) is 44.6 Å². The van der Waals surface area contributed by atoms with E-state index in [1.165, 1.54) is 50.6 Å². The number of hydrogen-bond acceptors (Lipinski definition) is 4. The largest absolute Gasteiger partial charge is 0.334 e. The SMILES string of the molecule is CC1(C)c2ccccc2N(c2cccc(-c3cccnc3-c3cccc(CC4(C)c5ccccc5N(c5cccc(-c6cccc(-c7cccnc7)c6)c5)C5C=CC=CC54)c3)c2)C2C=CC=CC21. The van der Waals surface area contributed by atoms with E-state index in [4.69, 9.17) is 4.98 Å². The first-order chi connectivity index (χ1) is 33.3. The van der Waals surface area contributed by atoms with Gasteiger partial charge in [0.15, 0.2) is 0 Å². The third kappa shape index (κ3) is 7.06. The molecule has 4 aliphatic rings. The number of rotatable bonds is 8. The van der Waals surface area contributed by atoms with Crippen LogP contribution in [0, 0.1) is 11.8 Å². The fourth-order valence-corrected chi connectivity index (χ4v) is 12.0. The summed E-state index contributed by atoms with van der Waals surface area (Å²) in [7, 11) is 0. The van der Waals surface area contributed by atoms with Gasteiger partial charge in [0, 0.05) is 80.7 Å². The molecule has 68 heavy (non-hydrogen) atoms. The number of allylic oxidation sites excluding steroid dienone is 4. The van der Waals surface area contributed by atoms with Gasteiger partial charge in [-0.05, 0) is 106 Å². The van der Waals surface area contributed by atoms with Crippen molar-refractivity contribution in [1.82, 2.24) is 9.97 Å². The molecule has 4 heteroatoms. The molecule has 0 bridgehead atoms. The predicted molar refractivity (Wildman–Crippen MR) is 283 cm³/mol. The molecule has 0 radical (unpaired) electrons. The van der Waals surface area contributed by atoms with E-state index >= 15 is 0 Å². The van der Waals surface area contributed by atoms with Crippen LogP contribution in [0.2, 0.25) is 0 Å². The summed E-state index contributed by atoms with van der Waals surface area (Å²) >= 11 is 0. The van der Waals surface area contributed by atoms with E-state index in [9.17, 15) is 0 Å². The van der Waals surface area contributed by atoms with Crippen LogP contribution >= 0.6 is 0 Å². The molecule has 6 aromatic carbocycles. The Hall–Kier alpha value is -7.82. The monoisotopic (exact) mass is 878 g/mol. The fourth-order valence-electron chi connectivity index (χ4n) is 12.0. The van der Waals surface area contributed by atoms with Crippen LogP contribution in [0.5, 0.6) is 0 Å². The summed E-state index contributed by atoms with van der Waals surface area (Å²) in [5, 5.41) is 0. The van der Waals surface area contributed by atoms with Crippen molar-refractivity contribution >= 4 is 22.7 Å². The first-order valence-electron chi connectivity index (χ1n) is 24.1. The average molecular weight is 879 g/mol. The maximum atomic E-state index is 5.12. The second-order valence-corrected chi connectivity index (χ2v) is 19.7. The molecule has 12 rings (SSSR count). The first kappa shape index (κ1) is 41.6. The summed E-state index contributed by atoms with van der Waals surface area (Å²) in [4.78, 5) is 14.6. The number of aromatic nitrogens is 2. The van der Waals surface area contributed by atoms with Crippen LogP contribution in [0.1, 0.15) is 37.5 Å². The quantitative estimate of drug-likeness (QED) is 0.152. The topological polar surface area (TPSA) is 32.3 Å². The van der Waals surface area contributed by atoms with Crippen molar-refractivity contribution < 1.29 is 0 Å². The lowest BCUT2D eigenvalue weighted by atomic mass is 9.61. The summed E-state index contributed by atoms with van der Waals surface area (Å²) in [6.45, 7) is 7.27. The second kappa shape index (κ2) is 16.8. The molecular weight excluding hydrogens is 825 g/mol. The summed E-state index contributed by atoms with van der Waals surface area (Å²) in [6, 6.07) is 62.9. The van der Waals surface area contributed by atoms with Gasteiger partial charge in [-0.3, -0.25) is 9.97 Å². The average Bonchev–Trinajstić information content (AvgIpc) is 3.39. The van der Waals surface area contributed by atoms with Crippen LogP contribution in [-0.2, 0) is 17.3 Å². The molecule has 5 unspecified atom stereocenters. The molecule has 0 spiro atoms. The van der Waals surface area contributed by atoms with Gasteiger partial charge >= 0.3 is 0 Å². The molecular formula is C64H54N4. The smallest absolute Gasteiger partial charge is 0.0780 e. The van der Waals surface area contributed by atoms with E-state index in [0.717, 1.165) is 39.9 Å². The van der Waals surface area contributed by atoms with Gasteiger partial charge in [-0.2, -0.15) is 0 Å². The zero-order valence-corrected chi connectivity index (χ0v) is 38.8. The molecule has 0 fully saturated rings. The van der Waals surface area contributed by atoms with Gasteiger partial charge in [-0.25, -0.2) is 0 Å². The highest BCUT2D eigenvalue weighted by Crippen LogP contribution is 2.54. The van der Waals surface area contributed by atoms with Crippen LogP contribution in [-0.4, -0.2) is 22.1 Å². The summed E-state index contributed by atoms with van der Waals surface area (Å²) in [5.74, 6) is 0.564. The van der Waals surface area contributed by atoms with Crippen LogP contribution in [0.25, 0.3) is 44.6 Å². The molecule has 2 aliphatic carbocycles. The van der Waals surface area contributed by atoms with Gasteiger partial charge in [-0.1, -0.05) is 179 Å². The van der Waals surface area contributed by atoms with Crippen molar-refractivity contribution in [2.75, 3.05) is 9.80 Å². The van der Waals surface area contributed by atoms with Crippen molar-refractivity contribution in [2.24, 2.45) is 11.8 Å². The van der Waals surface area contributed by atoms with Crippen molar-refractivity contribution in [3.05, 3.63) is 254 Å². The van der Waals surface area contributed by atoms with E-state index in [1.54, 1.807) is 0 Å². The molecule has 2 aliphatic heterocycles. The molecule has 0 N–H and O–H groups in total. The van der Waals surface area contributed by atoms with Crippen LogP contribution in [0.15, 0.2) is 237 Å². The Morgan fingerprint density at radius 2 is 1.01 bits per heavy atom. The molecule has 0 saturated carbocycles. The molecule has 0 saturated heterocycles. The Balaban J connectivity index is 0.885. The van der Waals surface area contributed by atoms with Crippen molar-refractivity contribution in [3.63, 3.8) is 0 Å². The molecule has 330 valence electrons. The van der Waals surface area contributed by atoms with Crippen molar-refractivity contribution in [1.29, 1.82) is 0 Å². The number of benzene rings is 6. The minimum atomic E-state index is -0.200. The summed E-state index contributed by atoms with van der Waals surface area (Å²) in [6.07, 6.45) is 25.1. The minimum Gasteiger partial charge on any atom is -0.334 e. The van der Waals surface area contributed by atoms with Gasteiger partial charge in [0.2, 0.25) is 0 Å².